The van der Waals surface area contributed by atoms with E-state index >= 15 is 0 Å². The van der Waals surface area contributed by atoms with E-state index in [1.165, 1.54) is 0 Å². The Labute approximate surface area is 164 Å². The van der Waals surface area contributed by atoms with Crippen molar-refractivity contribution in [1.82, 2.24) is 20.1 Å². The molecule has 0 spiro atoms. The minimum absolute atomic E-state index is 0.0863. The van der Waals surface area contributed by atoms with Crippen LogP contribution < -0.4 is 10.1 Å². The van der Waals surface area contributed by atoms with E-state index in [1.807, 2.05) is 49.6 Å². The number of ether oxygens (including phenoxy) is 1. The molecule has 0 aliphatic carbocycles. The first-order valence-corrected chi connectivity index (χ1v) is 9.69. The quantitative estimate of drug-likeness (QED) is 0.697. The summed E-state index contributed by atoms with van der Waals surface area (Å²) in [4.78, 5) is 4.35. The van der Waals surface area contributed by atoms with Crippen LogP contribution in [0, 0.1) is 0 Å². The van der Waals surface area contributed by atoms with Gasteiger partial charge in [0.25, 0.3) is 0 Å². The average molecular weight is 383 g/mol. The normalized spacial score (nSPS) is 16.2. The number of hydrogen-bond donors (Lipinski definition) is 1. The largest absolute Gasteiger partial charge is 0.484 e. The number of nitrogens with zero attached hydrogens (tertiary/aromatic N) is 3. The first-order valence-electron chi connectivity index (χ1n) is 9.31. The van der Waals surface area contributed by atoms with Gasteiger partial charge in [0.05, 0.1) is 18.4 Å². The highest BCUT2D eigenvalue weighted by Crippen LogP contribution is 2.28. The molecular weight excluding hydrogens is 360 g/mol. The molecule has 1 saturated heterocycles. The van der Waals surface area contributed by atoms with E-state index in [2.05, 4.69) is 26.3 Å². The van der Waals surface area contributed by atoms with Crippen molar-refractivity contribution in [2.75, 3.05) is 13.1 Å². The Hall–Kier alpha value is -2.37. The summed E-state index contributed by atoms with van der Waals surface area (Å²) in [6, 6.07) is 10.2. The van der Waals surface area contributed by atoms with Crippen molar-refractivity contribution in [3.05, 3.63) is 65.7 Å². The van der Waals surface area contributed by atoms with Crippen molar-refractivity contribution in [3.63, 3.8) is 0 Å². The fraction of sp³-hybridized carbons (Fsp3) is 0.333. The van der Waals surface area contributed by atoms with E-state index < -0.39 is 0 Å². The smallest absolute Gasteiger partial charge is 0.139 e. The Morgan fingerprint density at radius 1 is 1.11 bits per heavy atom. The van der Waals surface area contributed by atoms with Gasteiger partial charge in [0.1, 0.15) is 11.9 Å². The van der Waals surface area contributed by atoms with Crippen LogP contribution in [0.4, 0.5) is 0 Å². The van der Waals surface area contributed by atoms with Gasteiger partial charge in [-0.25, -0.2) is 0 Å². The molecule has 1 fully saturated rings. The number of halogens is 1. The summed E-state index contributed by atoms with van der Waals surface area (Å²) in [7, 11) is 0. The molecule has 0 radical (unpaired) electrons. The van der Waals surface area contributed by atoms with Gasteiger partial charge in [-0.15, -0.1) is 0 Å². The van der Waals surface area contributed by atoms with Crippen LogP contribution in [-0.4, -0.2) is 27.9 Å². The summed E-state index contributed by atoms with van der Waals surface area (Å²) in [6.07, 6.45) is 9.75. The van der Waals surface area contributed by atoms with Crippen LogP contribution in [0.5, 0.6) is 5.75 Å². The number of hydrogen-bond acceptors (Lipinski definition) is 4. The molecule has 3 aromatic rings. The Balaban J connectivity index is 1.49. The summed E-state index contributed by atoms with van der Waals surface area (Å²) in [5.74, 6) is 0.740. The van der Waals surface area contributed by atoms with E-state index in [1.54, 1.807) is 6.20 Å². The molecule has 1 aliphatic rings. The summed E-state index contributed by atoms with van der Waals surface area (Å²) < 4.78 is 8.17. The van der Waals surface area contributed by atoms with Crippen LogP contribution >= 0.6 is 11.6 Å². The van der Waals surface area contributed by atoms with E-state index in [0.717, 1.165) is 53.4 Å². The maximum absolute atomic E-state index is 6.08. The highest BCUT2D eigenvalue weighted by atomic mass is 35.5. The molecule has 0 unspecified atom stereocenters. The van der Waals surface area contributed by atoms with Gasteiger partial charge in [-0.05, 0) is 56.6 Å². The van der Waals surface area contributed by atoms with E-state index in [9.17, 15) is 0 Å². The minimum Gasteiger partial charge on any atom is -0.484 e. The van der Waals surface area contributed by atoms with Gasteiger partial charge >= 0.3 is 0 Å². The standard InChI is InChI=1S/C21H23ClN4O/c1-15(16-2-4-19(22)5-3-16)27-21-10-17(11-24-13-21)18-12-25-26(14-18)20-6-8-23-9-7-20/h2-5,10-15,20,23H,6-9H2,1H3/t15-/m0/s1. The van der Waals surface area contributed by atoms with Crippen LogP contribution in [0.25, 0.3) is 11.1 Å². The van der Waals surface area contributed by atoms with Crippen LogP contribution in [0.2, 0.25) is 5.02 Å². The number of nitrogens with one attached hydrogen (secondary N) is 1. The van der Waals surface area contributed by atoms with Crippen molar-refractivity contribution in [3.8, 4) is 16.9 Å². The van der Waals surface area contributed by atoms with Crippen molar-refractivity contribution in [2.24, 2.45) is 0 Å². The highest BCUT2D eigenvalue weighted by Gasteiger charge is 2.16. The second-order valence-corrected chi connectivity index (χ2v) is 7.35. The molecular formula is C21H23ClN4O. The molecule has 3 heterocycles. The van der Waals surface area contributed by atoms with E-state index in [4.69, 9.17) is 16.3 Å². The summed E-state index contributed by atoms with van der Waals surface area (Å²) >= 11 is 5.96. The Bertz CT molecular complexity index is 887. The number of pyridine rings is 1. The van der Waals surface area contributed by atoms with Crippen molar-refractivity contribution in [2.45, 2.75) is 31.9 Å². The lowest BCUT2D eigenvalue weighted by atomic mass is 10.1. The van der Waals surface area contributed by atoms with E-state index in [-0.39, 0.29) is 6.10 Å². The predicted molar refractivity (Wildman–Crippen MR) is 107 cm³/mol. The summed E-state index contributed by atoms with van der Waals surface area (Å²) in [5, 5.41) is 8.68. The zero-order valence-electron chi connectivity index (χ0n) is 15.3. The minimum atomic E-state index is -0.0863. The highest BCUT2D eigenvalue weighted by molar-refractivity contribution is 6.30. The molecule has 4 rings (SSSR count). The van der Waals surface area contributed by atoms with Crippen molar-refractivity contribution in [1.29, 1.82) is 0 Å². The maximum atomic E-state index is 6.08. The molecule has 6 heteroatoms. The predicted octanol–water partition coefficient (Wildman–Crippen LogP) is 4.66. The number of aromatic nitrogens is 3. The molecule has 5 nitrogen and oxygen atoms in total. The molecule has 1 aliphatic heterocycles. The van der Waals surface area contributed by atoms with Crippen LogP contribution in [-0.2, 0) is 0 Å². The third-order valence-electron chi connectivity index (χ3n) is 4.98. The molecule has 27 heavy (non-hydrogen) atoms. The van der Waals surface area contributed by atoms with Crippen LogP contribution in [0.15, 0.2) is 55.1 Å². The zero-order valence-corrected chi connectivity index (χ0v) is 16.1. The summed E-state index contributed by atoms with van der Waals surface area (Å²) in [6.45, 7) is 4.12. The number of piperidine rings is 1. The zero-order chi connectivity index (χ0) is 18.6. The maximum Gasteiger partial charge on any atom is 0.139 e. The SMILES string of the molecule is C[C@H](Oc1cncc(-c2cnn(C3CCNCC3)c2)c1)c1ccc(Cl)cc1. The van der Waals surface area contributed by atoms with Gasteiger partial charge in [0, 0.05) is 28.5 Å². The van der Waals surface area contributed by atoms with Gasteiger partial charge in [-0.2, -0.15) is 5.10 Å². The van der Waals surface area contributed by atoms with Gasteiger partial charge in [0.15, 0.2) is 0 Å². The Morgan fingerprint density at radius 3 is 2.67 bits per heavy atom. The molecule has 0 bridgehead atoms. The van der Waals surface area contributed by atoms with Crippen LogP contribution in [0.1, 0.15) is 37.5 Å². The molecule has 0 amide bonds. The van der Waals surface area contributed by atoms with Gasteiger partial charge < -0.3 is 10.1 Å². The monoisotopic (exact) mass is 382 g/mol. The van der Waals surface area contributed by atoms with Crippen LogP contribution in [0.3, 0.4) is 0 Å². The second kappa shape index (κ2) is 8.11. The Morgan fingerprint density at radius 2 is 1.89 bits per heavy atom. The molecule has 1 aromatic carbocycles. The molecule has 1 atom stereocenters. The topological polar surface area (TPSA) is 52.0 Å². The molecule has 1 N–H and O–H groups in total. The fourth-order valence-electron chi connectivity index (χ4n) is 3.41. The number of rotatable bonds is 5. The lowest BCUT2D eigenvalue weighted by molar-refractivity contribution is 0.226. The molecule has 0 saturated carbocycles. The first kappa shape index (κ1) is 18.0. The third kappa shape index (κ3) is 4.31. The van der Waals surface area contributed by atoms with Crippen molar-refractivity contribution >= 4 is 11.6 Å². The van der Waals surface area contributed by atoms with Gasteiger partial charge in [0.2, 0.25) is 0 Å². The Kier molecular flexibility index (Phi) is 5.41. The van der Waals surface area contributed by atoms with Gasteiger partial charge in [-0.1, -0.05) is 23.7 Å². The summed E-state index contributed by atoms with van der Waals surface area (Å²) in [5.41, 5.74) is 3.14. The third-order valence-corrected chi connectivity index (χ3v) is 5.24. The number of benzene rings is 1. The molecule has 2 aromatic heterocycles. The molecule has 140 valence electrons. The lowest BCUT2D eigenvalue weighted by Crippen LogP contribution is -2.29. The fourth-order valence-corrected chi connectivity index (χ4v) is 3.53. The van der Waals surface area contributed by atoms with Gasteiger partial charge in [-0.3, -0.25) is 9.67 Å². The van der Waals surface area contributed by atoms with E-state index in [0.29, 0.717) is 6.04 Å². The lowest BCUT2D eigenvalue weighted by Gasteiger charge is -2.22. The second-order valence-electron chi connectivity index (χ2n) is 6.91. The first-order chi connectivity index (χ1) is 13.2. The van der Waals surface area contributed by atoms with Crippen molar-refractivity contribution < 1.29 is 4.74 Å². The average Bonchev–Trinajstić information content (AvgIpc) is 3.20.